The Kier molecular flexibility index (Phi) is 6.51. The summed E-state index contributed by atoms with van der Waals surface area (Å²) in [7, 11) is 2.17. The van der Waals surface area contributed by atoms with Crippen molar-refractivity contribution < 1.29 is 9.53 Å². The highest BCUT2D eigenvalue weighted by Gasteiger charge is 2.20. The summed E-state index contributed by atoms with van der Waals surface area (Å²) in [5.41, 5.74) is 0. The molecule has 2 aromatic rings. The van der Waals surface area contributed by atoms with E-state index < -0.39 is 6.10 Å². The summed E-state index contributed by atoms with van der Waals surface area (Å²) in [6, 6.07) is 14.2. The number of fused-ring (bicyclic) bond motifs is 1. The first kappa shape index (κ1) is 18.7. The lowest BCUT2D eigenvalue weighted by molar-refractivity contribution is -0.128. The number of carbonyl (C=O) groups excluding carboxylic acids is 1. The standard InChI is InChI=1S/C22H30N2O2/c1-3-21(22(25)23-13-10-17-11-14-24(2)15-12-17)26-20-9-8-18-6-4-5-7-19(18)16-20/h4-9,16-17,21H,3,10-15H2,1-2H3,(H,23,25)/t21-/m1/s1. The highest BCUT2D eigenvalue weighted by Crippen LogP contribution is 2.22. The molecule has 1 atom stereocenters. The molecular weight excluding hydrogens is 324 g/mol. The van der Waals surface area contributed by atoms with Crippen molar-refractivity contribution in [3.8, 4) is 5.75 Å². The summed E-state index contributed by atoms with van der Waals surface area (Å²) in [5.74, 6) is 1.47. The van der Waals surface area contributed by atoms with Gasteiger partial charge in [0.1, 0.15) is 5.75 Å². The quantitative estimate of drug-likeness (QED) is 0.821. The van der Waals surface area contributed by atoms with Gasteiger partial charge in [-0.2, -0.15) is 0 Å². The van der Waals surface area contributed by atoms with Crippen molar-refractivity contribution >= 4 is 16.7 Å². The lowest BCUT2D eigenvalue weighted by Gasteiger charge is -2.29. The van der Waals surface area contributed by atoms with Gasteiger partial charge in [-0.25, -0.2) is 0 Å². The molecule has 1 aliphatic heterocycles. The van der Waals surface area contributed by atoms with Crippen LogP contribution in [0.15, 0.2) is 42.5 Å². The molecule has 0 saturated carbocycles. The smallest absolute Gasteiger partial charge is 0.261 e. The van der Waals surface area contributed by atoms with Crippen LogP contribution in [-0.2, 0) is 4.79 Å². The van der Waals surface area contributed by atoms with Crippen LogP contribution < -0.4 is 10.1 Å². The van der Waals surface area contributed by atoms with E-state index in [4.69, 9.17) is 4.74 Å². The van der Waals surface area contributed by atoms with Gasteiger partial charge in [0.25, 0.3) is 5.91 Å². The molecule has 0 aliphatic carbocycles. The Labute approximate surface area is 156 Å². The average molecular weight is 354 g/mol. The summed E-state index contributed by atoms with van der Waals surface area (Å²) in [5, 5.41) is 5.38. The Bertz CT molecular complexity index is 723. The fourth-order valence-corrected chi connectivity index (χ4v) is 3.59. The molecule has 1 N–H and O–H groups in total. The van der Waals surface area contributed by atoms with Crippen molar-refractivity contribution in [2.45, 2.75) is 38.7 Å². The van der Waals surface area contributed by atoms with Crippen LogP contribution >= 0.6 is 0 Å². The molecule has 1 saturated heterocycles. The number of amides is 1. The molecule has 140 valence electrons. The Morgan fingerprint density at radius 1 is 1.19 bits per heavy atom. The van der Waals surface area contributed by atoms with Crippen LogP contribution in [-0.4, -0.2) is 43.6 Å². The monoisotopic (exact) mass is 354 g/mol. The molecule has 1 heterocycles. The molecule has 0 aromatic heterocycles. The molecule has 3 rings (SSSR count). The number of nitrogens with one attached hydrogen (secondary N) is 1. The highest BCUT2D eigenvalue weighted by molar-refractivity contribution is 5.84. The third-order valence-electron chi connectivity index (χ3n) is 5.35. The van der Waals surface area contributed by atoms with Crippen LogP contribution in [0.3, 0.4) is 0 Å². The molecule has 1 amide bonds. The Morgan fingerprint density at radius 2 is 1.92 bits per heavy atom. The van der Waals surface area contributed by atoms with Crippen molar-refractivity contribution in [2.75, 3.05) is 26.7 Å². The van der Waals surface area contributed by atoms with E-state index in [1.165, 1.54) is 31.3 Å². The summed E-state index contributed by atoms with van der Waals surface area (Å²) >= 11 is 0. The van der Waals surface area contributed by atoms with E-state index >= 15 is 0 Å². The Hall–Kier alpha value is -2.07. The number of carbonyl (C=O) groups is 1. The van der Waals surface area contributed by atoms with Gasteiger partial charge >= 0.3 is 0 Å². The normalized spacial score (nSPS) is 17.2. The summed E-state index contributed by atoms with van der Waals surface area (Å²) < 4.78 is 5.97. The zero-order valence-electron chi connectivity index (χ0n) is 15.9. The lowest BCUT2D eigenvalue weighted by atomic mass is 9.94. The van der Waals surface area contributed by atoms with Crippen molar-refractivity contribution in [3.63, 3.8) is 0 Å². The van der Waals surface area contributed by atoms with Gasteiger partial charge in [0.15, 0.2) is 6.10 Å². The zero-order valence-corrected chi connectivity index (χ0v) is 15.9. The SMILES string of the molecule is CC[C@@H](Oc1ccc2ccccc2c1)C(=O)NCCC1CCN(C)CC1. The van der Waals surface area contributed by atoms with E-state index in [2.05, 4.69) is 29.4 Å². The van der Waals surface area contributed by atoms with E-state index in [-0.39, 0.29) is 5.91 Å². The van der Waals surface area contributed by atoms with Gasteiger partial charge in [-0.05, 0) is 74.6 Å². The molecule has 0 unspecified atom stereocenters. The van der Waals surface area contributed by atoms with E-state index in [9.17, 15) is 4.79 Å². The minimum Gasteiger partial charge on any atom is -0.481 e. The minimum atomic E-state index is -0.436. The lowest BCUT2D eigenvalue weighted by Crippen LogP contribution is -2.39. The summed E-state index contributed by atoms with van der Waals surface area (Å²) in [6.07, 6.45) is 3.75. The molecule has 0 spiro atoms. The topological polar surface area (TPSA) is 41.6 Å². The van der Waals surface area contributed by atoms with Gasteiger partial charge in [-0.3, -0.25) is 4.79 Å². The van der Waals surface area contributed by atoms with Crippen LogP contribution in [0.5, 0.6) is 5.75 Å². The zero-order chi connectivity index (χ0) is 18.4. The third kappa shape index (κ3) is 4.98. The third-order valence-corrected chi connectivity index (χ3v) is 5.35. The van der Waals surface area contributed by atoms with Gasteiger partial charge in [0, 0.05) is 6.54 Å². The van der Waals surface area contributed by atoms with Crippen LogP contribution in [0.2, 0.25) is 0 Å². The molecule has 26 heavy (non-hydrogen) atoms. The predicted molar refractivity (Wildman–Crippen MR) is 107 cm³/mol. The largest absolute Gasteiger partial charge is 0.481 e. The predicted octanol–water partition coefficient (Wildman–Crippen LogP) is 3.85. The molecule has 4 nitrogen and oxygen atoms in total. The first-order chi connectivity index (χ1) is 12.7. The number of hydrogen-bond acceptors (Lipinski definition) is 3. The van der Waals surface area contributed by atoms with E-state index in [1.54, 1.807) is 0 Å². The van der Waals surface area contributed by atoms with Crippen LogP contribution in [0.4, 0.5) is 0 Å². The summed E-state index contributed by atoms with van der Waals surface area (Å²) in [4.78, 5) is 14.9. The Morgan fingerprint density at radius 3 is 2.65 bits per heavy atom. The van der Waals surface area contributed by atoms with Crippen molar-refractivity contribution in [1.82, 2.24) is 10.2 Å². The maximum absolute atomic E-state index is 12.5. The average Bonchev–Trinajstić information content (AvgIpc) is 2.67. The molecule has 2 aromatic carbocycles. The molecule has 0 bridgehead atoms. The Balaban J connectivity index is 1.49. The number of nitrogens with zero attached hydrogens (tertiary/aromatic N) is 1. The first-order valence-electron chi connectivity index (χ1n) is 9.77. The molecule has 1 fully saturated rings. The molecule has 1 aliphatic rings. The molecule has 0 radical (unpaired) electrons. The number of likely N-dealkylation sites (tertiary alicyclic amines) is 1. The van der Waals surface area contributed by atoms with Crippen LogP contribution in [0.25, 0.3) is 10.8 Å². The maximum Gasteiger partial charge on any atom is 0.261 e. The van der Waals surface area contributed by atoms with Crippen molar-refractivity contribution in [2.24, 2.45) is 5.92 Å². The molecule has 4 heteroatoms. The fourth-order valence-electron chi connectivity index (χ4n) is 3.59. The van der Waals surface area contributed by atoms with Crippen LogP contribution in [0, 0.1) is 5.92 Å². The van der Waals surface area contributed by atoms with E-state index in [0.717, 1.165) is 30.0 Å². The van der Waals surface area contributed by atoms with Gasteiger partial charge in [-0.15, -0.1) is 0 Å². The second-order valence-corrected chi connectivity index (χ2v) is 7.35. The number of benzene rings is 2. The highest BCUT2D eigenvalue weighted by atomic mass is 16.5. The van der Waals surface area contributed by atoms with E-state index in [0.29, 0.717) is 6.42 Å². The number of rotatable bonds is 7. The first-order valence-corrected chi connectivity index (χ1v) is 9.77. The molecular formula is C22H30N2O2. The summed E-state index contributed by atoms with van der Waals surface area (Å²) in [6.45, 7) is 5.07. The number of hydrogen-bond donors (Lipinski definition) is 1. The van der Waals surface area contributed by atoms with Gasteiger partial charge < -0.3 is 15.0 Å². The van der Waals surface area contributed by atoms with E-state index in [1.807, 2.05) is 37.3 Å². The van der Waals surface area contributed by atoms with Gasteiger partial charge in [-0.1, -0.05) is 37.3 Å². The minimum absolute atomic E-state index is 0.00594. The van der Waals surface area contributed by atoms with Gasteiger partial charge in [0.2, 0.25) is 0 Å². The second kappa shape index (κ2) is 9.04. The second-order valence-electron chi connectivity index (χ2n) is 7.35. The number of piperidine rings is 1. The fraction of sp³-hybridized carbons (Fsp3) is 0.500. The van der Waals surface area contributed by atoms with Crippen molar-refractivity contribution in [3.05, 3.63) is 42.5 Å². The van der Waals surface area contributed by atoms with Crippen LogP contribution in [0.1, 0.15) is 32.6 Å². The maximum atomic E-state index is 12.5. The number of ether oxygens (including phenoxy) is 1. The van der Waals surface area contributed by atoms with Gasteiger partial charge in [0.05, 0.1) is 0 Å². The van der Waals surface area contributed by atoms with Crippen molar-refractivity contribution in [1.29, 1.82) is 0 Å².